The van der Waals surface area contributed by atoms with E-state index in [1.807, 2.05) is 0 Å². The van der Waals surface area contributed by atoms with E-state index >= 15 is 0 Å². The summed E-state index contributed by atoms with van der Waals surface area (Å²) in [5.74, 6) is 2.96. The molecule has 0 amide bonds. The van der Waals surface area contributed by atoms with Crippen LogP contribution in [0.4, 0.5) is 0 Å². The zero-order chi connectivity index (χ0) is 19.8. The summed E-state index contributed by atoms with van der Waals surface area (Å²) in [5, 5.41) is 0. The van der Waals surface area contributed by atoms with E-state index in [1.54, 1.807) is 0 Å². The van der Waals surface area contributed by atoms with Crippen LogP contribution in [0.15, 0.2) is 18.2 Å². The van der Waals surface area contributed by atoms with Crippen molar-refractivity contribution < 1.29 is 14.2 Å². The third-order valence-corrected chi connectivity index (χ3v) is 8.39. The molecule has 3 fully saturated rings. The summed E-state index contributed by atoms with van der Waals surface area (Å²) in [6.07, 6.45) is 27.9. The van der Waals surface area contributed by atoms with E-state index in [-0.39, 0.29) is 16.8 Å². The molecule has 0 radical (unpaired) electrons. The van der Waals surface area contributed by atoms with Crippen LogP contribution in [-0.2, 0) is 0 Å². The lowest BCUT2D eigenvalue weighted by Crippen LogP contribution is -2.37. The molecule has 1 aromatic carbocycles. The molecule has 7 rings (SSSR count). The summed E-state index contributed by atoms with van der Waals surface area (Å²) >= 11 is 0. The highest BCUT2D eigenvalue weighted by Crippen LogP contribution is 2.57. The molecular formula is C27H30O3. The van der Waals surface area contributed by atoms with E-state index in [9.17, 15) is 0 Å². The Morgan fingerprint density at radius 3 is 0.967 bits per heavy atom. The maximum atomic E-state index is 6.82. The second-order valence-corrected chi connectivity index (χ2v) is 10.4. The maximum Gasteiger partial charge on any atom is 0.142 e. The van der Waals surface area contributed by atoms with Gasteiger partial charge in [0.1, 0.15) is 34.1 Å². The number of hydrogen-bond acceptors (Lipinski definition) is 3. The van der Waals surface area contributed by atoms with Crippen molar-refractivity contribution >= 4 is 18.2 Å². The van der Waals surface area contributed by atoms with Crippen LogP contribution in [0.5, 0.6) is 17.2 Å². The molecular weight excluding hydrogens is 372 g/mol. The fourth-order valence-electron chi connectivity index (χ4n) is 6.67. The average Bonchev–Trinajstić information content (AvgIpc) is 3.51. The Labute approximate surface area is 178 Å². The molecule has 0 bridgehead atoms. The Morgan fingerprint density at radius 1 is 0.433 bits per heavy atom. The van der Waals surface area contributed by atoms with E-state index in [1.165, 1.54) is 38.5 Å². The zero-order valence-corrected chi connectivity index (χ0v) is 17.7. The molecule has 6 aliphatic rings. The summed E-state index contributed by atoms with van der Waals surface area (Å²) in [7, 11) is 0. The van der Waals surface area contributed by atoms with E-state index in [0.29, 0.717) is 0 Å². The molecule has 0 aromatic heterocycles. The predicted molar refractivity (Wildman–Crippen MR) is 119 cm³/mol. The first-order valence-corrected chi connectivity index (χ1v) is 12.1. The summed E-state index contributed by atoms with van der Waals surface area (Å²) in [4.78, 5) is 0. The second kappa shape index (κ2) is 5.96. The Kier molecular flexibility index (Phi) is 3.48. The Balaban J connectivity index is 1.42. The molecule has 156 valence electrons. The van der Waals surface area contributed by atoms with Gasteiger partial charge in [-0.15, -0.1) is 0 Å². The maximum absolute atomic E-state index is 6.82. The zero-order valence-electron chi connectivity index (χ0n) is 17.7. The molecule has 3 nitrogen and oxygen atoms in total. The fourth-order valence-corrected chi connectivity index (χ4v) is 6.67. The van der Waals surface area contributed by atoms with Crippen molar-refractivity contribution in [1.29, 1.82) is 0 Å². The average molecular weight is 403 g/mol. The van der Waals surface area contributed by atoms with Gasteiger partial charge in [-0.2, -0.15) is 0 Å². The quantitative estimate of drug-likeness (QED) is 0.475. The molecule has 0 unspecified atom stereocenters. The van der Waals surface area contributed by atoms with Gasteiger partial charge < -0.3 is 14.2 Å². The van der Waals surface area contributed by atoms with E-state index in [4.69, 9.17) is 14.2 Å². The summed E-state index contributed by atoms with van der Waals surface area (Å²) in [6, 6.07) is 0. The van der Waals surface area contributed by atoms with Gasteiger partial charge in [0, 0.05) is 0 Å². The molecule has 0 N–H and O–H groups in total. The molecule has 3 saturated carbocycles. The van der Waals surface area contributed by atoms with Crippen LogP contribution in [0, 0.1) is 0 Å². The number of fused-ring (bicyclic) bond motifs is 6. The third kappa shape index (κ3) is 2.38. The van der Waals surface area contributed by atoms with Crippen LogP contribution < -0.4 is 14.2 Å². The molecule has 0 atom stereocenters. The Hall–Kier alpha value is -2.16. The van der Waals surface area contributed by atoms with Gasteiger partial charge in [0.15, 0.2) is 0 Å². The van der Waals surface area contributed by atoms with Crippen molar-refractivity contribution in [3.05, 3.63) is 34.9 Å². The first-order chi connectivity index (χ1) is 14.7. The summed E-state index contributed by atoms with van der Waals surface area (Å²) < 4.78 is 20.5. The van der Waals surface area contributed by atoms with Gasteiger partial charge in [0.05, 0.1) is 16.7 Å². The van der Waals surface area contributed by atoms with E-state index in [0.717, 1.165) is 72.5 Å². The largest absolute Gasteiger partial charge is 0.482 e. The van der Waals surface area contributed by atoms with Crippen molar-refractivity contribution in [3.63, 3.8) is 0 Å². The molecule has 3 aliphatic heterocycles. The molecule has 1 aromatic rings. The van der Waals surface area contributed by atoms with Crippen LogP contribution in [0.3, 0.4) is 0 Å². The number of ether oxygens (including phenoxy) is 3. The normalized spacial score (nSPS) is 27.6. The smallest absolute Gasteiger partial charge is 0.142 e. The van der Waals surface area contributed by atoms with E-state index < -0.39 is 0 Å². The lowest BCUT2D eigenvalue weighted by atomic mass is 9.87. The van der Waals surface area contributed by atoms with Crippen LogP contribution in [0.1, 0.15) is 93.7 Å². The van der Waals surface area contributed by atoms with Crippen LogP contribution >= 0.6 is 0 Å². The number of benzene rings is 1. The highest BCUT2D eigenvalue weighted by molar-refractivity contribution is 5.87. The van der Waals surface area contributed by atoms with Crippen molar-refractivity contribution in [2.45, 2.75) is 93.9 Å². The molecule has 30 heavy (non-hydrogen) atoms. The van der Waals surface area contributed by atoms with Crippen molar-refractivity contribution in [2.75, 3.05) is 0 Å². The minimum absolute atomic E-state index is 0.138. The fraction of sp³-hybridized carbons (Fsp3) is 0.556. The molecule has 3 heteroatoms. The minimum atomic E-state index is -0.138. The van der Waals surface area contributed by atoms with E-state index in [2.05, 4.69) is 36.5 Å². The van der Waals surface area contributed by atoms with Gasteiger partial charge in [0.25, 0.3) is 0 Å². The first kappa shape index (κ1) is 17.5. The van der Waals surface area contributed by atoms with Crippen LogP contribution in [-0.4, -0.2) is 16.8 Å². The standard InChI is InChI=1S/C27H30O3/c1-2-11-25(10-1)16-7-19-22(28-25)20-8-17-26(12-3-4-13-26)30-24(20)21-9-18-27(29-23(19)21)14-5-6-15-27/h7-9,16-18H,1-6,10-15H2. The highest BCUT2D eigenvalue weighted by Gasteiger charge is 2.45. The molecule has 3 spiro atoms. The monoisotopic (exact) mass is 402 g/mol. The van der Waals surface area contributed by atoms with Gasteiger partial charge in [-0.05, 0) is 114 Å². The SMILES string of the molecule is C1=CC2(CCCC2)Oc2c3c(c4c(c21)OC1(C=C4)CCCC1)OC1(C=C3)CCCC1. The van der Waals surface area contributed by atoms with Gasteiger partial charge in [-0.1, -0.05) is 0 Å². The van der Waals surface area contributed by atoms with Gasteiger partial charge >= 0.3 is 0 Å². The number of hydrogen-bond donors (Lipinski definition) is 0. The molecule has 3 aliphatic carbocycles. The van der Waals surface area contributed by atoms with Gasteiger partial charge in [0.2, 0.25) is 0 Å². The van der Waals surface area contributed by atoms with Gasteiger partial charge in [-0.25, -0.2) is 0 Å². The summed E-state index contributed by atoms with van der Waals surface area (Å²) in [5.41, 5.74) is 2.94. The van der Waals surface area contributed by atoms with Crippen LogP contribution in [0.2, 0.25) is 0 Å². The molecule has 0 saturated heterocycles. The van der Waals surface area contributed by atoms with Crippen molar-refractivity contribution in [3.8, 4) is 17.2 Å². The second-order valence-electron chi connectivity index (χ2n) is 10.4. The minimum Gasteiger partial charge on any atom is -0.482 e. The Bertz CT molecular complexity index is 844. The van der Waals surface area contributed by atoms with Crippen LogP contribution in [0.25, 0.3) is 18.2 Å². The first-order valence-electron chi connectivity index (χ1n) is 12.1. The third-order valence-electron chi connectivity index (χ3n) is 8.39. The van der Waals surface area contributed by atoms with Crippen molar-refractivity contribution in [1.82, 2.24) is 0 Å². The highest BCUT2D eigenvalue weighted by atomic mass is 16.5. The lowest BCUT2D eigenvalue weighted by molar-refractivity contribution is 0.102. The Morgan fingerprint density at radius 2 is 0.700 bits per heavy atom. The predicted octanol–water partition coefficient (Wildman–Crippen LogP) is 6.84. The lowest BCUT2D eigenvalue weighted by Gasteiger charge is -2.40. The van der Waals surface area contributed by atoms with Gasteiger partial charge in [-0.3, -0.25) is 0 Å². The van der Waals surface area contributed by atoms with Crippen molar-refractivity contribution in [2.24, 2.45) is 0 Å². The molecule has 3 heterocycles. The summed E-state index contributed by atoms with van der Waals surface area (Å²) in [6.45, 7) is 0. The number of rotatable bonds is 0. The topological polar surface area (TPSA) is 27.7 Å².